The van der Waals surface area contributed by atoms with Crippen LogP contribution in [0.1, 0.15) is 36.6 Å². The van der Waals surface area contributed by atoms with Crippen molar-refractivity contribution in [2.75, 3.05) is 14.2 Å². The van der Waals surface area contributed by atoms with Crippen LogP contribution in [0, 0.1) is 0 Å². The zero-order valence-electron chi connectivity index (χ0n) is 18.0. The minimum absolute atomic E-state index is 0.0239. The molecule has 2 aromatic carbocycles. The molecule has 3 rings (SSSR count). The fraction of sp³-hybridized carbons (Fsp3) is 0.304. The quantitative estimate of drug-likeness (QED) is 0.512. The molecule has 0 fully saturated rings. The Bertz CT molecular complexity index is 1140. The molecule has 1 atom stereocenters. The van der Waals surface area contributed by atoms with Crippen molar-refractivity contribution in [1.29, 1.82) is 0 Å². The molecule has 31 heavy (non-hydrogen) atoms. The van der Waals surface area contributed by atoms with Gasteiger partial charge in [-0.2, -0.15) is 0 Å². The molecular weight excluding hydrogens is 398 g/mol. The third kappa shape index (κ3) is 4.64. The fourth-order valence-electron chi connectivity index (χ4n) is 3.73. The highest BCUT2D eigenvalue weighted by Gasteiger charge is 2.33. The summed E-state index contributed by atoms with van der Waals surface area (Å²) in [6.45, 7) is 4.49. The van der Waals surface area contributed by atoms with Crippen LogP contribution in [0.25, 0.3) is 0 Å². The molecule has 164 valence electrons. The van der Waals surface area contributed by atoms with Gasteiger partial charge >= 0.3 is 5.69 Å². The zero-order chi connectivity index (χ0) is 22.5. The topological polar surface area (TPSA) is 108 Å². The Morgan fingerprint density at radius 3 is 2.26 bits per heavy atom. The van der Waals surface area contributed by atoms with Crippen molar-refractivity contribution in [1.82, 2.24) is 14.9 Å². The lowest BCUT2D eigenvalue weighted by Gasteiger charge is -2.36. The van der Waals surface area contributed by atoms with Crippen molar-refractivity contribution in [3.63, 3.8) is 0 Å². The summed E-state index contributed by atoms with van der Waals surface area (Å²) >= 11 is 0. The number of nitrogens with one attached hydrogen (secondary N) is 2. The number of aromatic amines is 2. The van der Waals surface area contributed by atoms with E-state index in [1.165, 1.54) is 14.2 Å². The molecule has 0 amide bonds. The number of methoxy groups -OCH3 is 2. The second kappa shape index (κ2) is 9.53. The number of H-pyrrole nitrogens is 2. The van der Waals surface area contributed by atoms with E-state index in [9.17, 15) is 14.7 Å². The number of ether oxygens (including phenoxy) is 2. The second-order valence-electron chi connectivity index (χ2n) is 7.41. The summed E-state index contributed by atoms with van der Waals surface area (Å²) in [5.74, 6) is 0.454. The van der Waals surface area contributed by atoms with Gasteiger partial charge in [0.25, 0.3) is 5.56 Å². The van der Waals surface area contributed by atoms with E-state index >= 15 is 0 Å². The summed E-state index contributed by atoms with van der Waals surface area (Å²) < 4.78 is 11.1. The van der Waals surface area contributed by atoms with Gasteiger partial charge in [-0.1, -0.05) is 42.5 Å². The van der Waals surface area contributed by atoms with Gasteiger partial charge in [-0.05, 0) is 25.5 Å². The van der Waals surface area contributed by atoms with Gasteiger partial charge in [0, 0.05) is 18.2 Å². The number of aromatic hydroxyl groups is 1. The average molecular weight is 425 g/mol. The van der Waals surface area contributed by atoms with Crippen molar-refractivity contribution < 1.29 is 14.6 Å². The molecule has 0 saturated heterocycles. The van der Waals surface area contributed by atoms with E-state index in [0.29, 0.717) is 23.6 Å². The van der Waals surface area contributed by atoms with E-state index in [4.69, 9.17) is 9.47 Å². The standard InChI is InChI=1S/C23H27N3O5/c1-14(2)26(13-15-9-6-5-7-10-15)19(18-21(27)24-23(29)25-22(18)28)16-11-8-12-17(30-3)20(16)31-4/h5-12,14,19H,13H2,1-4H3,(H3,24,25,27,28,29). The normalized spacial score (nSPS) is 12.2. The summed E-state index contributed by atoms with van der Waals surface area (Å²) in [5, 5.41) is 10.6. The number of hydrogen-bond acceptors (Lipinski definition) is 6. The summed E-state index contributed by atoms with van der Waals surface area (Å²) in [5.41, 5.74) is 0.232. The summed E-state index contributed by atoms with van der Waals surface area (Å²) in [6, 6.07) is 14.4. The SMILES string of the molecule is COc1cccc(C(c2c(O)[nH]c(=O)[nH]c2=O)N(Cc2ccccc2)C(C)C)c1OC. The number of para-hydroxylation sites is 1. The van der Waals surface area contributed by atoms with Gasteiger partial charge in [0.1, 0.15) is 0 Å². The van der Waals surface area contributed by atoms with E-state index in [0.717, 1.165) is 5.56 Å². The number of aromatic nitrogens is 2. The van der Waals surface area contributed by atoms with Gasteiger partial charge in [0.05, 0.1) is 25.8 Å². The van der Waals surface area contributed by atoms with E-state index in [-0.39, 0.29) is 11.6 Å². The largest absolute Gasteiger partial charge is 0.494 e. The molecule has 0 bridgehead atoms. The van der Waals surface area contributed by atoms with Gasteiger partial charge in [-0.15, -0.1) is 0 Å². The summed E-state index contributed by atoms with van der Waals surface area (Å²) in [7, 11) is 3.05. The van der Waals surface area contributed by atoms with Gasteiger partial charge in [-0.25, -0.2) is 4.79 Å². The van der Waals surface area contributed by atoms with Gasteiger partial charge in [0.2, 0.25) is 5.88 Å². The lowest BCUT2D eigenvalue weighted by molar-refractivity contribution is 0.161. The Hall–Kier alpha value is -3.52. The van der Waals surface area contributed by atoms with Gasteiger partial charge in [0.15, 0.2) is 11.5 Å². The summed E-state index contributed by atoms with van der Waals surface area (Å²) in [6.07, 6.45) is 0. The second-order valence-corrected chi connectivity index (χ2v) is 7.41. The highest BCUT2D eigenvalue weighted by atomic mass is 16.5. The van der Waals surface area contributed by atoms with Crippen molar-refractivity contribution in [3.8, 4) is 17.4 Å². The molecule has 0 aliphatic heterocycles. The van der Waals surface area contributed by atoms with E-state index in [2.05, 4.69) is 14.9 Å². The molecule has 1 aromatic heterocycles. The van der Waals surface area contributed by atoms with Crippen molar-refractivity contribution in [2.24, 2.45) is 0 Å². The third-order valence-electron chi connectivity index (χ3n) is 5.16. The van der Waals surface area contributed by atoms with Crippen molar-refractivity contribution >= 4 is 0 Å². The molecular formula is C23H27N3O5. The van der Waals surface area contributed by atoms with Crippen LogP contribution in [0.15, 0.2) is 58.1 Å². The minimum Gasteiger partial charge on any atom is -0.494 e. The fourth-order valence-corrected chi connectivity index (χ4v) is 3.73. The Kier molecular flexibility index (Phi) is 6.81. The highest BCUT2D eigenvalue weighted by molar-refractivity contribution is 5.51. The number of nitrogens with zero attached hydrogens (tertiary/aromatic N) is 1. The van der Waals surface area contributed by atoms with Gasteiger partial charge < -0.3 is 14.6 Å². The summed E-state index contributed by atoms with van der Waals surface area (Å²) in [4.78, 5) is 31.2. The first-order valence-electron chi connectivity index (χ1n) is 9.93. The van der Waals surface area contributed by atoms with Crippen LogP contribution in [-0.2, 0) is 6.54 Å². The predicted molar refractivity (Wildman–Crippen MR) is 118 cm³/mol. The first kappa shape index (κ1) is 22.2. The monoisotopic (exact) mass is 425 g/mol. The molecule has 1 unspecified atom stereocenters. The van der Waals surface area contributed by atoms with Crippen LogP contribution < -0.4 is 20.7 Å². The maximum absolute atomic E-state index is 12.9. The predicted octanol–water partition coefficient (Wildman–Crippen LogP) is 2.79. The van der Waals surface area contributed by atoms with Crippen LogP contribution >= 0.6 is 0 Å². The van der Waals surface area contributed by atoms with Gasteiger partial charge in [-0.3, -0.25) is 19.7 Å². The number of hydrogen-bond donors (Lipinski definition) is 3. The lowest BCUT2D eigenvalue weighted by Crippen LogP contribution is -2.39. The van der Waals surface area contributed by atoms with Crippen LogP contribution in [0.3, 0.4) is 0 Å². The zero-order valence-corrected chi connectivity index (χ0v) is 18.0. The third-order valence-corrected chi connectivity index (χ3v) is 5.16. The number of rotatable bonds is 8. The molecule has 8 nitrogen and oxygen atoms in total. The maximum Gasteiger partial charge on any atom is 0.328 e. The smallest absolute Gasteiger partial charge is 0.328 e. The lowest BCUT2D eigenvalue weighted by atomic mass is 9.95. The molecule has 0 radical (unpaired) electrons. The molecule has 0 aliphatic rings. The molecule has 3 aromatic rings. The van der Waals surface area contributed by atoms with Crippen molar-refractivity contribution in [2.45, 2.75) is 32.5 Å². The number of benzene rings is 2. The highest BCUT2D eigenvalue weighted by Crippen LogP contribution is 2.41. The Morgan fingerprint density at radius 2 is 1.68 bits per heavy atom. The van der Waals surface area contributed by atoms with Crippen LogP contribution in [-0.4, -0.2) is 40.2 Å². The van der Waals surface area contributed by atoms with Crippen molar-refractivity contribution in [3.05, 3.63) is 86.1 Å². The average Bonchev–Trinajstić information content (AvgIpc) is 2.74. The minimum atomic E-state index is -0.776. The molecule has 3 N–H and O–H groups in total. The maximum atomic E-state index is 12.9. The van der Waals surface area contributed by atoms with E-state index in [1.807, 2.05) is 50.2 Å². The first-order chi connectivity index (χ1) is 14.9. The van der Waals surface area contributed by atoms with E-state index in [1.54, 1.807) is 12.1 Å². The molecule has 8 heteroatoms. The molecule has 1 heterocycles. The van der Waals surface area contributed by atoms with E-state index < -0.39 is 23.2 Å². The van der Waals surface area contributed by atoms with Crippen LogP contribution in [0.5, 0.6) is 17.4 Å². The Morgan fingerprint density at radius 1 is 0.968 bits per heavy atom. The Balaban J connectivity index is 2.29. The molecule has 0 spiro atoms. The Labute approximate surface area is 180 Å². The van der Waals surface area contributed by atoms with Crippen LogP contribution in [0.4, 0.5) is 0 Å². The first-order valence-corrected chi connectivity index (χ1v) is 9.93. The van der Waals surface area contributed by atoms with Crippen LogP contribution in [0.2, 0.25) is 0 Å². The molecule has 0 saturated carbocycles. The molecule has 0 aliphatic carbocycles.